The van der Waals surface area contributed by atoms with E-state index in [0.29, 0.717) is 38.5 Å². The van der Waals surface area contributed by atoms with Gasteiger partial charge >= 0.3 is 0 Å². The molecule has 5 nitrogen and oxygen atoms in total. The number of hydrogen-bond donors (Lipinski definition) is 0. The van der Waals surface area contributed by atoms with E-state index in [4.69, 9.17) is 9.47 Å². The number of hydrogen-bond acceptors (Lipinski definition) is 5. The van der Waals surface area contributed by atoms with Crippen molar-refractivity contribution in [3.8, 4) is 16.2 Å². The van der Waals surface area contributed by atoms with Crippen LogP contribution in [0.2, 0.25) is 0 Å². The minimum Gasteiger partial charge on any atom is -0.494 e. The Labute approximate surface area is 174 Å². The lowest BCUT2D eigenvalue weighted by molar-refractivity contribution is -0.00764. The van der Waals surface area contributed by atoms with Crippen LogP contribution >= 0.6 is 11.3 Å². The van der Waals surface area contributed by atoms with Crippen LogP contribution in [0.1, 0.15) is 21.9 Å². The highest BCUT2D eigenvalue weighted by Crippen LogP contribution is 2.31. The molecule has 0 bridgehead atoms. The Morgan fingerprint density at radius 1 is 1.17 bits per heavy atom. The summed E-state index contributed by atoms with van der Waals surface area (Å²) >= 11 is 1.56. The van der Waals surface area contributed by atoms with Gasteiger partial charge in [-0.05, 0) is 24.6 Å². The summed E-state index contributed by atoms with van der Waals surface area (Å²) in [4.78, 5) is 20.8. The van der Waals surface area contributed by atoms with Crippen molar-refractivity contribution >= 4 is 17.2 Å². The minimum atomic E-state index is -0.0267. The lowest BCUT2D eigenvalue weighted by Gasteiger charge is -2.35. The predicted molar refractivity (Wildman–Crippen MR) is 114 cm³/mol. The maximum absolute atomic E-state index is 13.4. The summed E-state index contributed by atoms with van der Waals surface area (Å²) in [5.41, 5.74) is 1.56. The van der Waals surface area contributed by atoms with Crippen molar-refractivity contribution in [3.63, 3.8) is 0 Å². The molecule has 2 aromatic carbocycles. The van der Waals surface area contributed by atoms with Crippen molar-refractivity contribution in [2.24, 2.45) is 0 Å². The predicted octanol–water partition coefficient (Wildman–Crippen LogP) is 4.43. The van der Waals surface area contributed by atoms with Crippen LogP contribution < -0.4 is 4.74 Å². The first-order chi connectivity index (χ1) is 14.2. The number of carbonyl (C=O) groups is 1. The molecule has 29 heavy (non-hydrogen) atoms. The summed E-state index contributed by atoms with van der Waals surface area (Å²) in [5.74, 6) is 0.810. The Kier molecular flexibility index (Phi) is 6.22. The smallest absolute Gasteiger partial charge is 0.274 e. The van der Waals surface area contributed by atoms with Gasteiger partial charge in [-0.3, -0.25) is 4.79 Å². The number of morpholine rings is 1. The molecule has 0 aliphatic carbocycles. The van der Waals surface area contributed by atoms with Crippen LogP contribution in [0.3, 0.4) is 0 Å². The number of ether oxygens (including phenoxy) is 2. The van der Waals surface area contributed by atoms with Gasteiger partial charge < -0.3 is 14.4 Å². The second kappa shape index (κ2) is 9.20. The van der Waals surface area contributed by atoms with Gasteiger partial charge in [0, 0.05) is 13.0 Å². The summed E-state index contributed by atoms with van der Waals surface area (Å²) in [6.45, 7) is 4.11. The number of nitrogens with zero attached hydrogens (tertiary/aromatic N) is 2. The molecule has 1 unspecified atom stereocenters. The van der Waals surface area contributed by atoms with Gasteiger partial charge in [-0.2, -0.15) is 0 Å². The average molecular weight is 409 g/mol. The number of carbonyl (C=O) groups excluding carboxylic acids is 1. The number of aromatic nitrogens is 1. The molecule has 1 aromatic heterocycles. The van der Waals surface area contributed by atoms with E-state index in [9.17, 15) is 4.79 Å². The number of thiazole rings is 1. The summed E-state index contributed by atoms with van der Waals surface area (Å²) in [5, 5.41) is 0.893. The standard InChI is InChI=1S/C23H24N2O3S/c1-17-24-21(22(29-17)18-8-4-2-5-9-18)23(26)25-13-15-27-16-19(25)12-14-28-20-10-6-3-7-11-20/h2-11,19H,12-16H2,1H3. The molecule has 150 valence electrons. The van der Waals surface area contributed by atoms with E-state index in [1.807, 2.05) is 72.5 Å². The molecule has 0 spiro atoms. The van der Waals surface area contributed by atoms with Crippen LogP contribution in [0.15, 0.2) is 60.7 Å². The molecule has 0 radical (unpaired) electrons. The van der Waals surface area contributed by atoms with E-state index in [0.717, 1.165) is 21.2 Å². The molecular formula is C23H24N2O3S. The van der Waals surface area contributed by atoms with Crippen LogP contribution in [-0.2, 0) is 4.74 Å². The van der Waals surface area contributed by atoms with Gasteiger partial charge in [0.1, 0.15) is 11.4 Å². The first-order valence-corrected chi connectivity index (χ1v) is 10.6. The fraction of sp³-hybridized carbons (Fsp3) is 0.304. The van der Waals surface area contributed by atoms with Crippen molar-refractivity contribution in [1.82, 2.24) is 9.88 Å². The van der Waals surface area contributed by atoms with Gasteiger partial charge in [-0.15, -0.1) is 11.3 Å². The molecule has 0 saturated carbocycles. The molecule has 1 fully saturated rings. The van der Waals surface area contributed by atoms with Crippen molar-refractivity contribution < 1.29 is 14.3 Å². The Bertz CT molecular complexity index is 943. The lowest BCUT2D eigenvalue weighted by Crippen LogP contribution is -2.49. The van der Waals surface area contributed by atoms with Crippen molar-refractivity contribution in [2.45, 2.75) is 19.4 Å². The molecule has 6 heteroatoms. The molecule has 1 saturated heterocycles. The maximum atomic E-state index is 13.4. The van der Waals surface area contributed by atoms with E-state index in [1.54, 1.807) is 11.3 Å². The van der Waals surface area contributed by atoms with E-state index in [2.05, 4.69) is 4.98 Å². The number of amides is 1. The van der Waals surface area contributed by atoms with Gasteiger partial charge in [0.15, 0.2) is 0 Å². The van der Waals surface area contributed by atoms with Crippen LogP contribution in [0, 0.1) is 6.92 Å². The van der Waals surface area contributed by atoms with Crippen molar-refractivity contribution in [2.75, 3.05) is 26.4 Å². The molecule has 1 aliphatic heterocycles. The average Bonchev–Trinajstić information content (AvgIpc) is 3.17. The number of rotatable bonds is 6. The van der Waals surface area contributed by atoms with Gasteiger partial charge in [0.25, 0.3) is 5.91 Å². The minimum absolute atomic E-state index is 0.0226. The summed E-state index contributed by atoms with van der Waals surface area (Å²) in [6.07, 6.45) is 0.713. The molecule has 1 aliphatic rings. The number of para-hydroxylation sites is 1. The molecule has 1 atom stereocenters. The molecule has 2 heterocycles. The third kappa shape index (κ3) is 4.66. The van der Waals surface area contributed by atoms with Gasteiger partial charge in [0.05, 0.1) is 35.7 Å². The van der Waals surface area contributed by atoms with E-state index >= 15 is 0 Å². The van der Waals surface area contributed by atoms with Crippen LogP contribution in [-0.4, -0.2) is 48.2 Å². The van der Waals surface area contributed by atoms with Gasteiger partial charge in [0.2, 0.25) is 0 Å². The van der Waals surface area contributed by atoms with Crippen LogP contribution in [0.25, 0.3) is 10.4 Å². The number of aryl methyl sites for hydroxylation is 1. The second-order valence-corrected chi connectivity index (χ2v) is 8.16. The van der Waals surface area contributed by atoms with Gasteiger partial charge in [-0.25, -0.2) is 4.98 Å². The molecule has 0 N–H and O–H groups in total. The monoisotopic (exact) mass is 408 g/mol. The summed E-state index contributed by atoms with van der Waals surface area (Å²) in [6, 6.07) is 19.7. The summed E-state index contributed by atoms with van der Waals surface area (Å²) in [7, 11) is 0. The molecule has 4 rings (SSSR count). The third-order valence-corrected chi connectivity index (χ3v) is 5.94. The Morgan fingerprint density at radius 2 is 1.90 bits per heavy atom. The first kappa shape index (κ1) is 19.6. The zero-order chi connectivity index (χ0) is 20.1. The van der Waals surface area contributed by atoms with Crippen LogP contribution in [0.4, 0.5) is 0 Å². The zero-order valence-electron chi connectivity index (χ0n) is 16.4. The van der Waals surface area contributed by atoms with Crippen molar-refractivity contribution in [3.05, 3.63) is 71.4 Å². The molecule has 3 aromatic rings. The highest BCUT2D eigenvalue weighted by atomic mass is 32.1. The van der Waals surface area contributed by atoms with Gasteiger partial charge in [-0.1, -0.05) is 48.5 Å². The van der Waals surface area contributed by atoms with E-state index < -0.39 is 0 Å². The van der Waals surface area contributed by atoms with E-state index in [-0.39, 0.29) is 11.9 Å². The SMILES string of the molecule is Cc1nc(C(=O)N2CCOCC2CCOc2ccccc2)c(-c2ccccc2)s1. The quantitative estimate of drug-likeness (QED) is 0.606. The number of benzene rings is 2. The fourth-order valence-corrected chi connectivity index (χ4v) is 4.40. The van der Waals surface area contributed by atoms with Crippen molar-refractivity contribution in [1.29, 1.82) is 0 Å². The Balaban J connectivity index is 1.49. The molecule has 1 amide bonds. The summed E-state index contributed by atoms with van der Waals surface area (Å²) < 4.78 is 11.5. The Hall–Kier alpha value is -2.70. The fourth-order valence-electron chi connectivity index (χ4n) is 3.48. The largest absolute Gasteiger partial charge is 0.494 e. The molecular weight excluding hydrogens is 384 g/mol. The Morgan fingerprint density at radius 3 is 2.66 bits per heavy atom. The highest BCUT2D eigenvalue weighted by Gasteiger charge is 2.31. The van der Waals surface area contributed by atoms with E-state index in [1.165, 1.54) is 0 Å². The van der Waals surface area contributed by atoms with Crippen LogP contribution in [0.5, 0.6) is 5.75 Å². The first-order valence-electron chi connectivity index (χ1n) is 9.82. The second-order valence-electron chi connectivity index (χ2n) is 6.95. The topological polar surface area (TPSA) is 51.7 Å². The maximum Gasteiger partial charge on any atom is 0.274 e. The third-order valence-electron chi connectivity index (χ3n) is 4.92. The highest BCUT2D eigenvalue weighted by molar-refractivity contribution is 7.15. The normalized spacial score (nSPS) is 16.6. The lowest BCUT2D eigenvalue weighted by atomic mass is 10.1. The zero-order valence-corrected chi connectivity index (χ0v) is 17.2.